The molecule has 154 valence electrons. The fraction of sp³-hybridized carbons (Fsp3) is 0.350. The highest BCUT2D eigenvalue weighted by Crippen LogP contribution is 2.32. The number of aryl methyl sites for hydroxylation is 1. The van der Waals surface area contributed by atoms with Crippen molar-refractivity contribution in [3.63, 3.8) is 0 Å². The summed E-state index contributed by atoms with van der Waals surface area (Å²) in [5.74, 6) is -1.06. The first-order valence-corrected chi connectivity index (χ1v) is 9.07. The Morgan fingerprint density at radius 1 is 1.24 bits per heavy atom. The van der Waals surface area contributed by atoms with Gasteiger partial charge in [-0.1, -0.05) is 36.9 Å². The molecule has 9 heteroatoms. The fourth-order valence-electron chi connectivity index (χ4n) is 3.58. The molecule has 2 amide bonds. The molecule has 0 bridgehead atoms. The van der Waals surface area contributed by atoms with Crippen LogP contribution in [-0.2, 0) is 24.4 Å². The molecule has 1 aromatic carbocycles. The summed E-state index contributed by atoms with van der Waals surface area (Å²) in [7, 11) is 1.20. The highest BCUT2D eigenvalue weighted by Gasteiger charge is 2.41. The molecule has 0 aliphatic carbocycles. The van der Waals surface area contributed by atoms with Crippen LogP contribution in [0.2, 0.25) is 0 Å². The largest absolute Gasteiger partial charge is 0.433 e. The number of imidazole rings is 1. The zero-order valence-electron chi connectivity index (χ0n) is 15.9. The molecule has 29 heavy (non-hydrogen) atoms. The Balaban J connectivity index is 1.86. The highest BCUT2D eigenvalue weighted by atomic mass is 19.4. The van der Waals surface area contributed by atoms with Crippen LogP contribution in [0.5, 0.6) is 0 Å². The number of carbonyl (C=O) groups excluding carboxylic acids is 2. The molecule has 0 N–H and O–H groups in total. The minimum atomic E-state index is -4.69. The number of benzene rings is 1. The number of amides is 2. The molecule has 1 aliphatic rings. The Hall–Kier alpha value is -3.10. The van der Waals surface area contributed by atoms with E-state index in [-0.39, 0.29) is 31.6 Å². The van der Waals surface area contributed by atoms with Gasteiger partial charge in [-0.25, -0.2) is 4.98 Å². The third kappa shape index (κ3) is 4.33. The lowest BCUT2D eigenvalue weighted by Crippen LogP contribution is -2.57. The molecular weight excluding hydrogens is 385 g/mol. The molecule has 2 aromatic rings. The molecule has 1 saturated heterocycles. The minimum absolute atomic E-state index is 0.112. The maximum atomic E-state index is 13.4. The van der Waals surface area contributed by atoms with Crippen LogP contribution < -0.4 is 0 Å². The van der Waals surface area contributed by atoms with E-state index in [9.17, 15) is 22.8 Å². The summed E-state index contributed by atoms with van der Waals surface area (Å²) >= 11 is 0. The highest BCUT2D eigenvalue weighted by molar-refractivity contribution is 5.94. The topological polar surface area (TPSA) is 58.4 Å². The van der Waals surface area contributed by atoms with E-state index in [1.54, 1.807) is 4.90 Å². The van der Waals surface area contributed by atoms with E-state index in [0.717, 1.165) is 16.5 Å². The number of aromatic nitrogens is 2. The Morgan fingerprint density at radius 2 is 1.93 bits per heavy atom. The first-order chi connectivity index (χ1) is 13.7. The zero-order valence-corrected chi connectivity index (χ0v) is 15.9. The minimum Gasteiger partial charge on any atom is -0.333 e. The molecule has 1 atom stereocenters. The summed E-state index contributed by atoms with van der Waals surface area (Å²) in [6, 6.07) is 9.02. The lowest BCUT2D eigenvalue weighted by atomic mass is 10.0. The number of halogens is 3. The number of alkyl halides is 3. The molecule has 0 unspecified atom stereocenters. The van der Waals surface area contributed by atoms with Gasteiger partial charge in [-0.3, -0.25) is 9.59 Å². The van der Waals surface area contributed by atoms with Crippen molar-refractivity contribution in [3.05, 3.63) is 66.3 Å². The molecular formula is C20H21F3N4O2. The van der Waals surface area contributed by atoms with Gasteiger partial charge in [-0.2, -0.15) is 13.2 Å². The number of hydrogen-bond donors (Lipinski definition) is 0. The quantitative estimate of drug-likeness (QED) is 0.734. The van der Waals surface area contributed by atoms with Crippen LogP contribution in [0.15, 0.2) is 49.3 Å². The van der Waals surface area contributed by atoms with Crippen molar-refractivity contribution in [1.29, 1.82) is 0 Å². The molecule has 0 saturated carbocycles. The van der Waals surface area contributed by atoms with Gasteiger partial charge in [-0.05, 0) is 18.1 Å². The van der Waals surface area contributed by atoms with Crippen LogP contribution in [0.4, 0.5) is 13.2 Å². The summed E-state index contributed by atoms with van der Waals surface area (Å²) in [6.45, 7) is 3.96. The Bertz CT molecular complexity index is 908. The predicted molar refractivity (Wildman–Crippen MR) is 100.0 cm³/mol. The van der Waals surface area contributed by atoms with Gasteiger partial charge >= 0.3 is 6.18 Å². The predicted octanol–water partition coefficient (Wildman–Crippen LogP) is 2.52. The SMILES string of the molecule is C=CC(=O)N1CCN(C(=O)c2ncn(C)c2C(F)(F)F)C[C@@H]1Cc1ccccc1. The van der Waals surface area contributed by atoms with E-state index in [2.05, 4.69) is 11.6 Å². The molecule has 1 fully saturated rings. The molecule has 0 radical (unpaired) electrons. The molecule has 6 nitrogen and oxygen atoms in total. The van der Waals surface area contributed by atoms with Gasteiger partial charge < -0.3 is 14.4 Å². The summed E-state index contributed by atoms with van der Waals surface area (Å²) in [6.07, 6.45) is -2.04. The summed E-state index contributed by atoms with van der Waals surface area (Å²) in [4.78, 5) is 31.7. The van der Waals surface area contributed by atoms with E-state index in [1.165, 1.54) is 18.0 Å². The maximum absolute atomic E-state index is 13.4. The first kappa shape index (κ1) is 20.6. The molecule has 1 aliphatic heterocycles. The van der Waals surface area contributed by atoms with Gasteiger partial charge in [0.15, 0.2) is 11.4 Å². The van der Waals surface area contributed by atoms with Crippen LogP contribution in [0.3, 0.4) is 0 Å². The number of nitrogens with zero attached hydrogens (tertiary/aromatic N) is 4. The van der Waals surface area contributed by atoms with Gasteiger partial charge in [0.1, 0.15) is 0 Å². The second kappa shape index (κ2) is 8.10. The summed E-state index contributed by atoms with van der Waals surface area (Å²) < 4.78 is 40.9. The van der Waals surface area contributed by atoms with Crippen molar-refractivity contribution in [3.8, 4) is 0 Å². The van der Waals surface area contributed by atoms with Gasteiger partial charge in [-0.15, -0.1) is 0 Å². The summed E-state index contributed by atoms with van der Waals surface area (Å²) in [5.41, 5.74) is -0.740. The smallest absolute Gasteiger partial charge is 0.333 e. The number of carbonyl (C=O) groups is 2. The Labute approximate surface area is 166 Å². The van der Waals surface area contributed by atoms with E-state index < -0.39 is 23.5 Å². The van der Waals surface area contributed by atoms with Crippen LogP contribution in [0.25, 0.3) is 0 Å². The third-order valence-corrected chi connectivity index (χ3v) is 4.95. The van der Waals surface area contributed by atoms with Crippen molar-refractivity contribution in [2.24, 2.45) is 7.05 Å². The van der Waals surface area contributed by atoms with E-state index in [4.69, 9.17) is 0 Å². The number of piperazine rings is 1. The monoisotopic (exact) mass is 406 g/mol. The van der Waals surface area contributed by atoms with Crippen molar-refractivity contribution < 1.29 is 22.8 Å². The third-order valence-electron chi connectivity index (χ3n) is 4.95. The molecule has 3 rings (SSSR count). The second-order valence-corrected chi connectivity index (χ2v) is 6.88. The normalized spacial score (nSPS) is 17.3. The van der Waals surface area contributed by atoms with Gasteiger partial charge in [0.2, 0.25) is 5.91 Å². The maximum Gasteiger partial charge on any atom is 0.433 e. The van der Waals surface area contributed by atoms with Crippen molar-refractivity contribution in [1.82, 2.24) is 19.4 Å². The average Bonchev–Trinajstić information content (AvgIpc) is 3.09. The van der Waals surface area contributed by atoms with E-state index >= 15 is 0 Å². The van der Waals surface area contributed by atoms with Gasteiger partial charge in [0, 0.05) is 26.7 Å². The van der Waals surface area contributed by atoms with Crippen LogP contribution in [-0.4, -0.2) is 56.8 Å². The molecule has 1 aromatic heterocycles. The number of hydrogen-bond acceptors (Lipinski definition) is 3. The van der Waals surface area contributed by atoms with Crippen molar-refractivity contribution in [2.75, 3.05) is 19.6 Å². The van der Waals surface area contributed by atoms with Crippen LogP contribution >= 0.6 is 0 Å². The second-order valence-electron chi connectivity index (χ2n) is 6.88. The Kier molecular flexibility index (Phi) is 5.76. The van der Waals surface area contributed by atoms with Crippen molar-refractivity contribution >= 4 is 11.8 Å². The molecule has 0 spiro atoms. The summed E-state index contributed by atoms with van der Waals surface area (Å²) in [5, 5.41) is 0. The average molecular weight is 406 g/mol. The van der Waals surface area contributed by atoms with Gasteiger partial charge in [0.25, 0.3) is 5.91 Å². The van der Waals surface area contributed by atoms with Crippen LogP contribution in [0.1, 0.15) is 21.7 Å². The fourth-order valence-corrected chi connectivity index (χ4v) is 3.58. The lowest BCUT2D eigenvalue weighted by Gasteiger charge is -2.41. The van der Waals surface area contributed by atoms with E-state index in [1.807, 2.05) is 30.3 Å². The standard InChI is InChI=1S/C20H21F3N4O2/c1-3-16(28)27-10-9-26(12-15(27)11-14-7-5-4-6-8-14)19(29)17-18(20(21,22)23)25(2)13-24-17/h3-8,13,15H,1,9-12H2,2H3/t15-/m0/s1. The van der Waals surface area contributed by atoms with Crippen LogP contribution in [0, 0.1) is 0 Å². The van der Waals surface area contributed by atoms with Crippen molar-refractivity contribution in [2.45, 2.75) is 18.6 Å². The molecule has 2 heterocycles. The Morgan fingerprint density at radius 3 is 2.55 bits per heavy atom. The zero-order chi connectivity index (χ0) is 21.2. The first-order valence-electron chi connectivity index (χ1n) is 9.07. The van der Waals surface area contributed by atoms with E-state index in [0.29, 0.717) is 6.42 Å². The lowest BCUT2D eigenvalue weighted by molar-refractivity contribution is -0.143. The van der Waals surface area contributed by atoms with Gasteiger partial charge in [0.05, 0.1) is 12.4 Å². The number of rotatable bonds is 4.